The van der Waals surface area contributed by atoms with E-state index in [1.165, 1.54) is 19.1 Å². The highest BCUT2D eigenvalue weighted by Crippen LogP contribution is 2.21. The Morgan fingerprint density at radius 3 is 2.32 bits per heavy atom. The van der Waals surface area contributed by atoms with E-state index in [1.54, 1.807) is 6.92 Å². The molecule has 0 radical (unpaired) electrons. The largest absolute Gasteiger partial charge is 0.355 e. The van der Waals surface area contributed by atoms with E-state index in [9.17, 15) is 17.6 Å². The quantitative estimate of drug-likeness (QED) is 0.883. The highest BCUT2D eigenvalue weighted by Gasteiger charge is 2.28. The number of amides is 1. The molecule has 0 unspecified atom stereocenters. The van der Waals surface area contributed by atoms with Gasteiger partial charge in [-0.1, -0.05) is 0 Å². The highest BCUT2D eigenvalue weighted by molar-refractivity contribution is 7.92. The SMILES string of the molecule is CCNC(=O)[C@H](C)N(c1ccc(F)cc1)S(C)(=O)=O. The van der Waals surface area contributed by atoms with Crippen molar-refractivity contribution in [2.24, 2.45) is 0 Å². The van der Waals surface area contributed by atoms with Crippen LogP contribution in [0.4, 0.5) is 10.1 Å². The van der Waals surface area contributed by atoms with E-state index in [-0.39, 0.29) is 5.69 Å². The minimum Gasteiger partial charge on any atom is -0.355 e. The van der Waals surface area contributed by atoms with Gasteiger partial charge in [0.05, 0.1) is 11.9 Å². The smallest absolute Gasteiger partial charge is 0.243 e. The molecule has 1 N–H and O–H groups in total. The monoisotopic (exact) mass is 288 g/mol. The average molecular weight is 288 g/mol. The maximum atomic E-state index is 12.9. The molecule has 0 aromatic heterocycles. The lowest BCUT2D eigenvalue weighted by Gasteiger charge is -2.28. The van der Waals surface area contributed by atoms with Crippen LogP contribution in [-0.2, 0) is 14.8 Å². The number of hydrogen-bond donors (Lipinski definition) is 1. The fourth-order valence-electron chi connectivity index (χ4n) is 1.72. The first-order valence-corrected chi connectivity index (χ1v) is 7.65. The summed E-state index contributed by atoms with van der Waals surface area (Å²) >= 11 is 0. The summed E-state index contributed by atoms with van der Waals surface area (Å²) in [5.74, 6) is -0.875. The van der Waals surface area contributed by atoms with Crippen LogP contribution in [0.1, 0.15) is 13.8 Å². The van der Waals surface area contributed by atoms with Crippen LogP contribution in [0.3, 0.4) is 0 Å². The third-order valence-electron chi connectivity index (χ3n) is 2.52. The Morgan fingerprint density at radius 1 is 1.37 bits per heavy atom. The van der Waals surface area contributed by atoms with Crippen molar-refractivity contribution in [3.05, 3.63) is 30.1 Å². The van der Waals surface area contributed by atoms with Gasteiger partial charge in [0.25, 0.3) is 0 Å². The first kappa shape index (κ1) is 15.4. The van der Waals surface area contributed by atoms with Crippen molar-refractivity contribution in [2.75, 3.05) is 17.1 Å². The fraction of sp³-hybridized carbons (Fsp3) is 0.417. The molecule has 1 amide bonds. The van der Waals surface area contributed by atoms with Crippen LogP contribution in [-0.4, -0.2) is 33.2 Å². The predicted octanol–water partition coefficient (Wildman–Crippen LogP) is 1.12. The van der Waals surface area contributed by atoms with Crippen molar-refractivity contribution in [1.29, 1.82) is 0 Å². The lowest BCUT2D eigenvalue weighted by atomic mass is 10.2. The normalized spacial score (nSPS) is 12.8. The molecule has 0 spiro atoms. The number of carbonyl (C=O) groups is 1. The van der Waals surface area contributed by atoms with Crippen LogP contribution in [0, 0.1) is 5.82 Å². The first-order chi connectivity index (χ1) is 8.77. The second-order valence-electron chi connectivity index (χ2n) is 4.11. The Kier molecular flexibility index (Phi) is 4.88. The van der Waals surface area contributed by atoms with Gasteiger partial charge in [0.2, 0.25) is 15.9 Å². The molecule has 1 atom stereocenters. The number of nitrogens with zero attached hydrogens (tertiary/aromatic N) is 1. The average Bonchev–Trinajstić information content (AvgIpc) is 2.30. The van der Waals surface area contributed by atoms with Gasteiger partial charge in [0.1, 0.15) is 11.9 Å². The summed E-state index contributed by atoms with van der Waals surface area (Å²) in [6.07, 6.45) is 1.01. The number of anilines is 1. The third-order valence-corrected chi connectivity index (χ3v) is 3.76. The van der Waals surface area contributed by atoms with Gasteiger partial charge in [0, 0.05) is 6.54 Å². The number of benzene rings is 1. The van der Waals surface area contributed by atoms with E-state index in [4.69, 9.17) is 0 Å². The minimum absolute atomic E-state index is 0.252. The molecular weight excluding hydrogens is 271 g/mol. The number of likely N-dealkylation sites (N-methyl/N-ethyl adjacent to an activating group) is 1. The summed E-state index contributed by atoms with van der Waals surface area (Å²) in [5, 5.41) is 2.56. The van der Waals surface area contributed by atoms with Crippen LogP contribution < -0.4 is 9.62 Å². The summed E-state index contributed by atoms with van der Waals surface area (Å²) < 4.78 is 37.5. The second kappa shape index (κ2) is 6.01. The Bertz CT molecular complexity index is 543. The summed E-state index contributed by atoms with van der Waals surface area (Å²) in [5.41, 5.74) is 0.252. The number of rotatable bonds is 5. The van der Waals surface area contributed by atoms with Crippen LogP contribution in [0.25, 0.3) is 0 Å². The summed E-state index contributed by atoms with van der Waals surface area (Å²) in [6, 6.07) is 4.05. The molecule has 106 valence electrons. The zero-order valence-electron chi connectivity index (χ0n) is 11.1. The standard InChI is InChI=1S/C12H17FN2O3S/c1-4-14-12(16)9(2)15(19(3,17)18)11-7-5-10(13)6-8-11/h5-9H,4H2,1-3H3,(H,14,16)/t9-/m0/s1. The molecule has 5 nitrogen and oxygen atoms in total. The van der Waals surface area contributed by atoms with Crippen LogP contribution in [0.2, 0.25) is 0 Å². The Morgan fingerprint density at radius 2 is 1.89 bits per heavy atom. The molecule has 7 heteroatoms. The molecule has 0 aliphatic heterocycles. The highest BCUT2D eigenvalue weighted by atomic mass is 32.2. The molecule has 0 aliphatic carbocycles. The van der Waals surface area contributed by atoms with Gasteiger partial charge in [-0.15, -0.1) is 0 Å². The van der Waals surface area contributed by atoms with E-state index in [0.29, 0.717) is 6.54 Å². The van der Waals surface area contributed by atoms with E-state index in [2.05, 4.69) is 5.32 Å². The van der Waals surface area contributed by atoms with Crippen LogP contribution in [0.15, 0.2) is 24.3 Å². The number of hydrogen-bond acceptors (Lipinski definition) is 3. The molecule has 1 rings (SSSR count). The maximum Gasteiger partial charge on any atom is 0.243 e. The summed E-state index contributed by atoms with van der Waals surface area (Å²) in [7, 11) is -3.64. The van der Waals surface area contributed by atoms with Crippen molar-refractivity contribution in [3.8, 4) is 0 Å². The third kappa shape index (κ3) is 3.92. The van der Waals surface area contributed by atoms with Gasteiger partial charge in [-0.2, -0.15) is 0 Å². The lowest BCUT2D eigenvalue weighted by molar-refractivity contribution is -0.121. The molecule has 19 heavy (non-hydrogen) atoms. The van der Waals surface area contributed by atoms with E-state index >= 15 is 0 Å². The molecule has 1 aromatic rings. The number of carbonyl (C=O) groups excluding carboxylic acids is 1. The summed E-state index contributed by atoms with van der Waals surface area (Å²) in [6.45, 7) is 3.63. The van der Waals surface area contributed by atoms with Gasteiger partial charge in [-0.25, -0.2) is 12.8 Å². The van der Waals surface area contributed by atoms with E-state index < -0.39 is 27.8 Å². The second-order valence-corrected chi connectivity index (χ2v) is 5.97. The number of sulfonamides is 1. The minimum atomic E-state index is -3.64. The predicted molar refractivity (Wildman–Crippen MR) is 71.9 cm³/mol. The van der Waals surface area contributed by atoms with Crippen molar-refractivity contribution in [1.82, 2.24) is 5.32 Å². The maximum absolute atomic E-state index is 12.9. The molecule has 0 bridgehead atoms. The molecular formula is C12H17FN2O3S. The van der Waals surface area contributed by atoms with E-state index in [1.807, 2.05) is 0 Å². The van der Waals surface area contributed by atoms with Gasteiger partial charge >= 0.3 is 0 Å². The molecule has 0 fully saturated rings. The van der Waals surface area contributed by atoms with Gasteiger partial charge in [-0.05, 0) is 38.1 Å². The molecule has 0 saturated heterocycles. The van der Waals surface area contributed by atoms with Gasteiger partial charge in [-0.3, -0.25) is 9.10 Å². The number of halogens is 1. The molecule has 0 aliphatic rings. The van der Waals surface area contributed by atoms with Gasteiger partial charge in [0.15, 0.2) is 0 Å². The van der Waals surface area contributed by atoms with Crippen LogP contribution >= 0.6 is 0 Å². The van der Waals surface area contributed by atoms with E-state index in [0.717, 1.165) is 22.7 Å². The Balaban J connectivity index is 3.16. The Labute approximate surface area is 112 Å². The van der Waals surface area contributed by atoms with Crippen molar-refractivity contribution >= 4 is 21.6 Å². The zero-order chi connectivity index (χ0) is 14.6. The zero-order valence-corrected chi connectivity index (χ0v) is 11.9. The fourth-order valence-corrected chi connectivity index (χ4v) is 2.89. The molecule has 0 saturated carbocycles. The Hall–Kier alpha value is -1.63. The van der Waals surface area contributed by atoms with Crippen LogP contribution in [0.5, 0.6) is 0 Å². The summed E-state index contributed by atoms with van der Waals surface area (Å²) in [4.78, 5) is 11.8. The van der Waals surface area contributed by atoms with Crippen molar-refractivity contribution in [2.45, 2.75) is 19.9 Å². The van der Waals surface area contributed by atoms with Gasteiger partial charge < -0.3 is 5.32 Å². The van der Waals surface area contributed by atoms with Crippen molar-refractivity contribution < 1.29 is 17.6 Å². The molecule has 0 heterocycles. The number of nitrogens with one attached hydrogen (secondary N) is 1. The first-order valence-electron chi connectivity index (χ1n) is 5.80. The topological polar surface area (TPSA) is 66.5 Å². The molecule has 1 aromatic carbocycles. The lowest BCUT2D eigenvalue weighted by Crippen LogP contribution is -2.47. The van der Waals surface area contributed by atoms with Crippen molar-refractivity contribution in [3.63, 3.8) is 0 Å².